The minimum absolute atomic E-state index is 0. The van der Waals surface area contributed by atoms with E-state index in [1.54, 1.807) is 32.2 Å². The van der Waals surface area contributed by atoms with Crippen LogP contribution in [0.1, 0.15) is 27.7 Å². The zero-order valence-electron chi connectivity index (χ0n) is 9.50. The molecule has 15 heavy (non-hydrogen) atoms. The SMILES string of the molecule is CC(C)COP1(O)(SCC(C)C)SS1.[Mo]. The first-order valence-electron chi connectivity index (χ1n) is 4.80. The van der Waals surface area contributed by atoms with Crippen LogP contribution in [0.3, 0.4) is 0 Å². The zero-order chi connectivity index (χ0) is 10.8. The molecule has 7 heteroatoms. The molecular formula is C8H19MoO2PS3. The van der Waals surface area contributed by atoms with Crippen molar-refractivity contribution in [3.63, 3.8) is 0 Å². The normalized spacial score (nSPS) is 24.3. The van der Waals surface area contributed by atoms with E-state index in [-0.39, 0.29) is 21.1 Å². The number of hydrogen-bond acceptors (Lipinski definition) is 5. The van der Waals surface area contributed by atoms with Crippen molar-refractivity contribution in [2.45, 2.75) is 27.7 Å². The van der Waals surface area contributed by atoms with Gasteiger partial charge in [0.1, 0.15) is 0 Å². The van der Waals surface area contributed by atoms with E-state index in [0.29, 0.717) is 18.4 Å². The first-order valence-corrected chi connectivity index (χ1v) is 11.9. The first kappa shape index (κ1) is 17.1. The van der Waals surface area contributed by atoms with Crippen LogP contribution in [0.15, 0.2) is 0 Å². The van der Waals surface area contributed by atoms with Crippen molar-refractivity contribution in [1.29, 1.82) is 0 Å². The van der Waals surface area contributed by atoms with Crippen LogP contribution in [-0.2, 0) is 25.6 Å². The largest absolute Gasteiger partial charge is 0 e. The minimum atomic E-state index is -2.79. The Bertz CT molecular complexity index is 196. The Morgan fingerprint density at radius 1 is 1.20 bits per heavy atom. The van der Waals surface area contributed by atoms with Gasteiger partial charge in [0.2, 0.25) is 0 Å². The summed E-state index contributed by atoms with van der Waals surface area (Å²) in [7, 11) is 3.09. The van der Waals surface area contributed by atoms with Gasteiger partial charge in [0.05, 0.1) is 0 Å². The molecule has 1 saturated heterocycles. The molecule has 0 aromatic heterocycles. The standard InChI is InChI=1S/C8H19O2PS3.Mo/c1-7(2)5-10-11(9,13-14-11)12-6-8(3)4;/h7-9H,5-6H2,1-4H3;. The van der Waals surface area contributed by atoms with E-state index >= 15 is 0 Å². The van der Waals surface area contributed by atoms with E-state index in [1.807, 2.05) is 0 Å². The van der Waals surface area contributed by atoms with Gasteiger partial charge >= 0.3 is 98.2 Å². The van der Waals surface area contributed by atoms with Gasteiger partial charge in [0, 0.05) is 21.1 Å². The van der Waals surface area contributed by atoms with Crippen molar-refractivity contribution in [3.8, 4) is 0 Å². The Kier molecular flexibility index (Phi) is 7.19. The van der Waals surface area contributed by atoms with Crippen molar-refractivity contribution in [2.24, 2.45) is 11.8 Å². The van der Waals surface area contributed by atoms with E-state index in [4.69, 9.17) is 4.52 Å². The molecule has 0 aromatic carbocycles. The molecule has 2 nitrogen and oxygen atoms in total. The van der Waals surface area contributed by atoms with Gasteiger partial charge in [-0.3, -0.25) is 0 Å². The topological polar surface area (TPSA) is 29.5 Å². The second kappa shape index (κ2) is 6.31. The van der Waals surface area contributed by atoms with Crippen molar-refractivity contribution in [3.05, 3.63) is 0 Å². The molecule has 1 heterocycles. The third-order valence-corrected chi connectivity index (χ3v) is 18.0. The van der Waals surface area contributed by atoms with Gasteiger partial charge < -0.3 is 0 Å². The second-order valence-electron chi connectivity index (χ2n) is 4.30. The van der Waals surface area contributed by atoms with Gasteiger partial charge in [0.25, 0.3) is 0 Å². The predicted molar refractivity (Wildman–Crippen MR) is 72.4 cm³/mol. The molecule has 1 aliphatic heterocycles. The molecule has 0 spiro atoms. The summed E-state index contributed by atoms with van der Waals surface area (Å²) in [5.74, 6) is 2.07. The maximum Gasteiger partial charge on any atom is 0 e. The zero-order valence-corrected chi connectivity index (χ0v) is 14.9. The third kappa shape index (κ3) is 5.99. The summed E-state index contributed by atoms with van der Waals surface area (Å²) in [4.78, 5) is 10.4. The molecule has 0 unspecified atom stereocenters. The van der Waals surface area contributed by atoms with Gasteiger partial charge in [-0.2, -0.15) is 0 Å². The molecule has 0 amide bonds. The Balaban J connectivity index is 0.00000196. The fourth-order valence-electron chi connectivity index (χ4n) is 0.713. The smallest absolute Gasteiger partial charge is 0 e. The molecule has 1 fully saturated rings. The minimum Gasteiger partial charge on any atom is 0 e. The van der Waals surface area contributed by atoms with Crippen molar-refractivity contribution >= 4 is 36.9 Å². The van der Waals surface area contributed by atoms with Gasteiger partial charge in [-0.15, -0.1) is 0 Å². The fraction of sp³-hybridized carbons (Fsp3) is 1.00. The quantitative estimate of drug-likeness (QED) is 0.320. The number of hydrogen-bond donors (Lipinski definition) is 1. The maximum atomic E-state index is 10.4. The Hall–Kier alpha value is 2.09. The van der Waals surface area contributed by atoms with E-state index < -0.39 is 4.66 Å². The molecule has 1 rings (SSSR count). The molecule has 92 valence electrons. The van der Waals surface area contributed by atoms with Crippen LogP contribution in [0.25, 0.3) is 0 Å². The Labute approximate surface area is 118 Å². The van der Waals surface area contributed by atoms with Crippen LogP contribution in [0.5, 0.6) is 0 Å². The van der Waals surface area contributed by atoms with Crippen LogP contribution in [0.2, 0.25) is 0 Å². The summed E-state index contributed by atoms with van der Waals surface area (Å²) in [6.45, 7) is 9.21. The van der Waals surface area contributed by atoms with Gasteiger partial charge in [-0.05, 0) is 0 Å². The summed E-state index contributed by atoms with van der Waals surface area (Å²) >= 11 is 1.63. The molecule has 0 saturated carbocycles. The maximum absolute atomic E-state index is 10.4. The van der Waals surface area contributed by atoms with E-state index in [9.17, 15) is 4.89 Å². The monoisotopic (exact) mass is 372 g/mol. The number of rotatable bonds is 6. The molecular weight excluding hydrogens is 351 g/mol. The van der Waals surface area contributed by atoms with Crippen LogP contribution in [-0.4, -0.2) is 17.3 Å². The summed E-state index contributed by atoms with van der Waals surface area (Å²) < 4.78 is 2.92. The summed E-state index contributed by atoms with van der Waals surface area (Å²) in [5.41, 5.74) is 0. The fourth-order valence-corrected chi connectivity index (χ4v) is 15.5. The molecule has 0 aromatic rings. The van der Waals surface area contributed by atoms with Crippen molar-refractivity contribution in [2.75, 3.05) is 12.4 Å². The summed E-state index contributed by atoms with van der Waals surface area (Å²) in [6.07, 6.45) is 0. The average Bonchev–Trinajstić information content (AvgIpc) is 2.76. The van der Waals surface area contributed by atoms with Crippen LogP contribution < -0.4 is 0 Å². The van der Waals surface area contributed by atoms with Gasteiger partial charge in [0.15, 0.2) is 0 Å². The van der Waals surface area contributed by atoms with Crippen LogP contribution in [0, 0.1) is 11.8 Å². The first-order chi connectivity index (χ1) is 6.34. The molecule has 0 aliphatic carbocycles. The molecule has 0 radical (unpaired) electrons. The molecule has 1 N–H and O–H groups in total. The van der Waals surface area contributed by atoms with E-state index in [2.05, 4.69) is 27.7 Å². The van der Waals surface area contributed by atoms with Crippen molar-refractivity contribution in [1.82, 2.24) is 0 Å². The van der Waals surface area contributed by atoms with Crippen LogP contribution in [0.4, 0.5) is 0 Å². The Morgan fingerprint density at radius 3 is 2.07 bits per heavy atom. The van der Waals surface area contributed by atoms with Gasteiger partial charge in [-0.1, -0.05) is 0 Å². The second-order valence-corrected chi connectivity index (χ2v) is 19.5. The summed E-state index contributed by atoms with van der Waals surface area (Å²) in [5, 5.41) is 0. The molecule has 0 atom stereocenters. The predicted octanol–water partition coefficient (Wildman–Crippen LogP) is 4.56. The Morgan fingerprint density at radius 2 is 1.73 bits per heavy atom. The van der Waals surface area contributed by atoms with Gasteiger partial charge in [-0.25, -0.2) is 0 Å². The molecule has 0 bridgehead atoms. The summed E-state index contributed by atoms with van der Waals surface area (Å²) in [6, 6.07) is 0. The molecule has 1 aliphatic rings. The third-order valence-electron chi connectivity index (χ3n) is 1.51. The van der Waals surface area contributed by atoms with Crippen LogP contribution >= 0.6 is 36.9 Å². The van der Waals surface area contributed by atoms with Crippen molar-refractivity contribution < 1.29 is 30.5 Å². The van der Waals surface area contributed by atoms with E-state index in [1.165, 1.54) is 0 Å². The average molecular weight is 370 g/mol. The van der Waals surface area contributed by atoms with E-state index in [0.717, 1.165) is 5.75 Å².